The molecule has 0 N–H and O–H groups in total. The lowest BCUT2D eigenvalue weighted by Crippen LogP contribution is -2.11. The molecular formula is C60H39NS. The fraction of sp³-hybridized carbons (Fsp3) is 0. The van der Waals surface area contributed by atoms with Gasteiger partial charge in [0.2, 0.25) is 0 Å². The van der Waals surface area contributed by atoms with Crippen molar-refractivity contribution >= 4 is 80.9 Å². The van der Waals surface area contributed by atoms with Gasteiger partial charge in [-0.15, -0.1) is 11.3 Å². The SMILES string of the molecule is c1ccc(-c2c(-c3ccccc3)c3cc(-c4ccccc4N(c4cccc(-c5ccc6ccccc6c5)c4)c4ccc5sc6ccccc6c5c4)ccc3c3ccccc23)cc1. The third-order valence-electron chi connectivity index (χ3n) is 12.4. The van der Waals surface area contributed by atoms with E-state index in [0.717, 1.165) is 28.2 Å². The first-order valence-electron chi connectivity index (χ1n) is 21.2. The van der Waals surface area contributed by atoms with Crippen molar-refractivity contribution in [3.8, 4) is 44.5 Å². The third kappa shape index (κ3) is 6.15. The Bertz CT molecular complexity index is 3640. The third-order valence-corrected chi connectivity index (χ3v) is 13.6. The molecule has 0 amide bonds. The molecular weight excluding hydrogens is 767 g/mol. The Morgan fingerprint density at radius 2 is 0.855 bits per heavy atom. The zero-order chi connectivity index (χ0) is 41.0. The molecule has 0 atom stereocenters. The largest absolute Gasteiger partial charge is 0.310 e. The van der Waals surface area contributed by atoms with E-state index < -0.39 is 0 Å². The summed E-state index contributed by atoms with van der Waals surface area (Å²) in [5.41, 5.74) is 13.0. The molecule has 0 radical (unpaired) electrons. The van der Waals surface area contributed by atoms with Crippen LogP contribution in [0.1, 0.15) is 0 Å². The first-order chi connectivity index (χ1) is 30.7. The van der Waals surface area contributed by atoms with Gasteiger partial charge >= 0.3 is 0 Å². The van der Waals surface area contributed by atoms with Gasteiger partial charge in [-0.1, -0.05) is 182 Å². The monoisotopic (exact) mass is 805 g/mol. The number of para-hydroxylation sites is 1. The number of fused-ring (bicyclic) bond motifs is 7. The molecule has 62 heavy (non-hydrogen) atoms. The van der Waals surface area contributed by atoms with Gasteiger partial charge in [0.1, 0.15) is 0 Å². The van der Waals surface area contributed by atoms with Crippen molar-refractivity contribution in [1.82, 2.24) is 0 Å². The summed E-state index contributed by atoms with van der Waals surface area (Å²) >= 11 is 1.86. The van der Waals surface area contributed by atoms with Gasteiger partial charge in [0, 0.05) is 37.1 Å². The number of hydrogen-bond donors (Lipinski definition) is 0. The summed E-state index contributed by atoms with van der Waals surface area (Å²) in [6.45, 7) is 0. The molecule has 0 aliphatic heterocycles. The predicted molar refractivity (Wildman–Crippen MR) is 268 cm³/mol. The zero-order valence-corrected chi connectivity index (χ0v) is 34.7. The van der Waals surface area contributed by atoms with E-state index in [9.17, 15) is 0 Å². The molecule has 0 fully saturated rings. The van der Waals surface area contributed by atoms with Crippen LogP contribution in [0.2, 0.25) is 0 Å². The Hall–Kier alpha value is -7.78. The van der Waals surface area contributed by atoms with Gasteiger partial charge in [-0.2, -0.15) is 0 Å². The van der Waals surface area contributed by atoms with E-state index in [2.05, 4.69) is 241 Å². The molecule has 12 aromatic rings. The van der Waals surface area contributed by atoms with Crippen molar-refractivity contribution in [1.29, 1.82) is 0 Å². The van der Waals surface area contributed by atoms with E-state index in [-0.39, 0.29) is 0 Å². The van der Waals surface area contributed by atoms with E-state index >= 15 is 0 Å². The Morgan fingerprint density at radius 3 is 1.68 bits per heavy atom. The zero-order valence-electron chi connectivity index (χ0n) is 33.9. The maximum absolute atomic E-state index is 2.46. The highest BCUT2D eigenvalue weighted by Gasteiger charge is 2.22. The Morgan fingerprint density at radius 1 is 0.274 bits per heavy atom. The topological polar surface area (TPSA) is 3.24 Å². The van der Waals surface area contributed by atoms with Crippen molar-refractivity contribution in [3.63, 3.8) is 0 Å². The highest BCUT2D eigenvalue weighted by atomic mass is 32.1. The number of hydrogen-bond acceptors (Lipinski definition) is 2. The molecule has 2 heteroatoms. The van der Waals surface area contributed by atoms with Crippen LogP contribution in [0.4, 0.5) is 17.1 Å². The van der Waals surface area contributed by atoms with Crippen LogP contribution in [0.15, 0.2) is 237 Å². The second kappa shape index (κ2) is 15.0. The number of anilines is 3. The lowest BCUT2D eigenvalue weighted by Gasteiger charge is -2.28. The summed E-state index contributed by atoms with van der Waals surface area (Å²) in [6.07, 6.45) is 0. The van der Waals surface area contributed by atoms with Crippen LogP contribution >= 0.6 is 11.3 Å². The number of rotatable bonds is 7. The molecule has 0 saturated heterocycles. The highest BCUT2D eigenvalue weighted by molar-refractivity contribution is 7.25. The standard InChI is InChI=1S/C60H39NS/c1-3-17-41(18-4-1)59-53-27-10-9-25-50(53)51-34-32-46(38-55(51)60(59)42-19-5-2-6-20-42)49-24-11-13-28-56(49)61(48-33-35-58-54(39-48)52-26-12-14-29-57(52)62-58)47-23-15-22-44(37-47)45-31-30-40-16-7-8-21-43(40)36-45/h1-39H. The Kier molecular flexibility index (Phi) is 8.76. The molecule has 11 aromatic carbocycles. The van der Waals surface area contributed by atoms with Crippen LogP contribution in [0.3, 0.4) is 0 Å². The van der Waals surface area contributed by atoms with Crippen molar-refractivity contribution in [2.75, 3.05) is 4.90 Å². The van der Waals surface area contributed by atoms with Crippen LogP contribution < -0.4 is 4.90 Å². The second-order valence-corrected chi connectivity index (χ2v) is 17.1. The summed E-state index contributed by atoms with van der Waals surface area (Å²) < 4.78 is 2.59. The quantitative estimate of drug-likeness (QED) is 0.145. The fourth-order valence-corrected chi connectivity index (χ4v) is 10.6. The van der Waals surface area contributed by atoms with E-state index in [0.29, 0.717) is 0 Å². The molecule has 1 heterocycles. The first kappa shape index (κ1) is 36.1. The predicted octanol–water partition coefficient (Wildman–Crippen LogP) is 17.7. The second-order valence-electron chi connectivity index (χ2n) is 16.0. The van der Waals surface area contributed by atoms with Crippen LogP contribution in [0.25, 0.3) is 97.0 Å². The van der Waals surface area contributed by atoms with Gasteiger partial charge < -0.3 is 4.90 Å². The van der Waals surface area contributed by atoms with E-state index in [1.165, 1.54) is 85.9 Å². The van der Waals surface area contributed by atoms with Crippen LogP contribution in [0.5, 0.6) is 0 Å². The molecule has 0 spiro atoms. The molecule has 290 valence electrons. The summed E-state index contributed by atoms with van der Waals surface area (Å²) in [6, 6.07) is 86.9. The van der Waals surface area contributed by atoms with Crippen LogP contribution in [-0.2, 0) is 0 Å². The van der Waals surface area contributed by atoms with Gasteiger partial charge in [-0.05, 0) is 126 Å². The lowest BCUT2D eigenvalue weighted by atomic mass is 9.84. The average Bonchev–Trinajstić information content (AvgIpc) is 3.72. The fourth-order valence-electron chi connectivity index (χ4n) is 9.55. The summed E-state index contributed by atoms with van der Waals surface area (Å²) in [5, 5.41) is 10.0. The Balaban J connectivity index is 1.11. The number of benzene rings is 11. The number of nitrogens with zero attached hydrogens (tertiary/aromatic N) is 1. The Labute approximate surface area is 365 Å². The molecule has 0 bridgehead atoms. The van der Waals surface area contributed by atoms with Crippen molar-refractivity contribution in [2.24, 2.45) is 0 Å². The van der Waals surface area contributed by atoms with E-state index in [1.807, 2.05) is 11.3 Å². The number of thiophene rings is 1. The summed E-state index contributed by atoms with van der Waals surface area (Å²) in [7, 11) is 0. The van der Waals surface area contributed by atoms with E-state index in [4.69, 9.17) is 0 Å². The molecule has 1 nitrogen and oxygen atoms in total. The average molecular weight is 806 g/mol. The maximum Gasteiger partial charge on any atom is 0.0540 e. The van der Waals surface area contributed by atoms with E-state index in [1.54, 1.807) is 0 Å². The minimum absolute atomic E-state index is 1.10. The van der Waals surface area contributed by atoms with Gasteiger partial charge in [-0.25, -0.2) is 0 Å². The summed E-state index contributed by atoms with van der Waals surface area (Å²) in [5.74, 6) is 0. The summed E-state index contributed by atoms with van der Waals surface area (Å²) in [4.78, 5) is 2.46. The first-order valence-corrected chi connectivity index (χ1v) is 22.1. The van der Waals surface area contributed by atoms with Crippen LogP contribution in [0, 0.1) is 0 Å². The van der Waals surface area contributed by atoms with Crippen molar-refractivity contribution < 1.29 is 0 Å². The van der Waals surface area contributed by atoms with Gasteiger partial charge in [-0.3, -0.25) is 0 Å². The molecule has 12 rings (SSSR count). The van der Waals surface area contributed by atoms with Crippen molar-refractivity contribution in [2.45, 2.75) is 0 Å². The molecule has 0 saturated carbocycles. The lowest BCUT2D eigenvalue weighted by molar-refractivity contribution is 1.29. The minimum Gasteiger partial charge on any atom is -0.310 e. The molecule has 1 aromatic heterocycles. The van der Waals surface area contributed by atoms with Crippen molar-refractivity contribution in [3.05, 3.63) is 237 Å². The van der Waals surface area contributed by atoms with Gasteiger partial charge in [0.25, 0.3) is 0 Å². The maximum atomic E-state index is 2.46. The minimum atomic E-state index is 1.10. The smallest absolute Gasteiger partial charge is 0.0540 e. The molecule has 0 aliphatic rings. The normalized spacial score (nSPS) is 11.5. The highest BCUT2D eigenvalue weighted by Crippen LogP contribution is 2.48. The molecule has 0 aliphatic carbocycles. The molecule has 0 unspecified atom stereocenters. The van der Waals surface area contributed by atoms with Gasteiger partial charge in [0.05, 0.1) is 5.69 Å². The van der Waals surface area contributed by atoms with Crippen LogP contribution in [-0.4, -0.2) is 0 Å². The van der Waals surface area contributed by atoms with Gasteiger partial charge in [0.15, 0.2) is 0 Å².